The molecule has 0 aliphatic carbocycles. The van der Waals surface area contributed by atoms with Gasteiger partial charge in [0.05, 0.1) is 0 Å². The first kappa shape index (κ1) is 21.2. The van der Waals surface area contributed by atoms with Crippen LogP contribution in [0, 0.1) is 33.6 Å². The molecule has 0 spiro atoms. The Morgan fingerprint density at radius 1 is 1.04 bits per heavy atom. The van der Waals surface area contributed by atoms with Crippen molar-refractivity contribution in [2.24, 2.45) is 5.92 Å². The maximum Gasteiger partial charge on any atom is 0.184 e. The highest BCUT2D eigenvalue weighted by Gasteiger charge is 2.27. The predicted molar refractivity (Wildman–Crippen MR) is 119 cm³/mol. The van der Waals surface area contributed by atoms with Crippen LogP contribution in [0.3, 0.4) is 0 Å². The fraction of sp³-hybridized carbons (Fsp3) is 0.500. The van der Waals surface area contributed by atoms with Gasteiger partial charge in [-0.1, -0.05) is 6.07 Å². The van der Waals surface area contributed by atoms with Crippen LogP contribution < -0.4 is 0 Å². The molecule has 4 heteroatoms. The van der Waals surface area contributed by atoms with E-state index in [9.17, 15) is 4.79 Å². The van der Waals surface area contributed by atoms with Crippen LogP contribution in [0.4, 0.5) is 0 Å². The summed E-state index contributed by atoms with van der Waals surface area (Å²) in [5, 5.41) is 0. The van der Waals surface area contributed by atoms with Gasteiger partial charge in [-0.2, -0.15) is 0 Å². The fourth-order valence-electron chi connectivity index (χ4n) is 4.18. The molecule has 2 heterocycles. The van der Waals surface area contributed by atoms with Gasteiger partial charge in [-0.05, 0) is 129 Å². The van der Waals surface area contributed by atoms with E-state index in [-0.39, 0.29) is 11.7 Å². The first-order valence-corrected chi connectivity index (χ1v) is 11.0. The first-order chi connectivity index (χ1) is 13.3. The molecular formula is C24H31BrN2O. The van der Waals surface area contributed by atoms with Gasteiger partial charge in [-0.15, -0.1) is 0 Å². The van der Waals surface area contributed by atoms with Gasteiger partial charge in [0.1, 0.15) is 5.69 Å². The molecule has 1 aromatic carbocycles. The van der Waals surface area contributed by atoms with Crippen molar-refractivity contribution in [1.82, 2.24) is 9.88 Å². The van der Waals surface area contributed by atoms with Gasteiger partial charge in [0.15, 0.2) is 5.78 Å². The molecule has 0 N–H and O–H groups in total. The zero-order chi connectivity index (χ0) is 20.4. The van der Waals surface area contributed by atoms with E-state index in [0.29, 0.717) is 5.69 Å². The Balaban J connectivity index is 1.83. The number of hydrogen-bond acceptors (Lipinski definition) is 3. The van der Waals surface area contributed by atoms with E-state index < -0.39 is 0 Å². The van der Waals surface area contributed by atoms with Crippen molar-refractivity contribution < 1.29 is 4.79 Å². The van der Waals surface area contributed by atoms with Crippen LogP contribution in [-0.2, 0) is 12.8 Å². The number of likely N-dealkylation sites (tertiary alicyclic amines) is 1. The summed E-state index contributed by atoms with van der Waals surface area (Å²) < 4.78 is 0.940. The topological polar surface area (TPSA) is 33.2 Å². The number of rotatable bonds is 5. The molecule has 2 aromatic rings. The van der Waals surface area contributed by atoms with Crippen LogP contribution >= 0.6 is 15.9 Å². The molecule has 3 nitrogen and oxygen atoms in total. The minimum atomic E-state index is 0.106. The standard InChI is InChI=1S/C24H31BrN2O/c1-15-12-20(18(4)17(3)16(15)2)6-7-21-13-22(25)14-26-23(21)24(28)19-8-10-27(5)11-9-19/h12-14,19H,6-11H2,1-5H3. The largest absolute Gasteiger partial charge is 0.306 e. The number of piperidine rings is 1. The molecule has 150 valence electrons. The maximum atomic E-state index is 13.2. The summed E-state index contributed by atoms with van der Waals surface area (Å²) in [4.78, 5) is 20.0. The van der Waals surface area contributed by atoms with Gasteiger partial charge in [0.25, 0.3) is 0 Å². The predicted octanol–water partition coefficient (Wildman–Crippen LogP) is 5.39. The van der Waals surface area contributed by atoms with Gasteiger partial charge in [-0.25, -0.2) is 0 Å². The van der Waals surface area contributed by atoms with Crippen molar-refractivity contribution in [3.8, 4) is 0 Å². The minimum absolute atomic E-state index is 0.106. The number of hydrogen-bond donors (Lipinski definition) is 0. The van der Waals surface area contributed by atoms with Crippen LogP contribution in [0.1, 0.15) is 56.7 Å². The van der Waals surface area contributed by atoms with Crippen LogP contribution in [0.15, 0.2) is 22.8 Å². The number of aromatic nitrogens is 1. The van der Waals surface area contributed by atoms with Gasteiger partial charge in [0, 0.05) is 16.6 Å². The van der Waals surface area contributed by atoms with E-state index in [4.69, 9.17) is 0 Å². The Labute approximate surface area is 177 Å². The van der Waals surface area contributed by atoms with Gasteiger partial charge >= 0.3 is 0 Å². The van der Waals surface area contributed by atoms with Crippen LogP contribution in [0.25, 0.3) is 0 Å². The fourth-order valence-corrected chi connectivity index (χ4v) is 4.56. The van der Waals surface area contributed by atoms with E-state index >= 15 is 0 Å². The number of pyridine rings is 1. The average molecular weight is 443 g/mol. The number of Topliss-reactive ketones (excluding diaryl/α,β-unsaturated/α-hetero) is 1. The Hall–Kier alpha value is -1.52. The van der Waals surface area contributed by atoms with Gasteiger partial charge in [0.2, 0.25) is 0 Å². The lowest BCUT2D eigenvalue weighted by atomic mass is 9.87. The number of nitrogens with zero attached hydrogens (tertiary/aromatic N) is 2. The molecule has 1 aliphatic heterocycles. The SMILES string of the molecule is Cc1cc(CCc2cc(Br)cnc2C(=O)C2CCN(C)CC2)c(C)c(C)c1C. The van der Waals surface area contributed by atoms with Gasteiger partial charge < -0.3 is 4.90 Å². The Kier molecular flexibility index (Phi) is 6.72. The molecule has 0 bridgehead atoms. The number of ketones is 1. The summed E-state index contributed by atoms with van der Waals surface area (Å²) in [5.41, 5.74) is 8.58. The smallest absolute Gasteiger partial charge is 0.184 e. The Morgan fingerprint density at radius 2 is 1.68 bits per heavy atom. The summed E-state index contributed by atoms with van der Waals surface area (Å²) in [7, 11) is 2.12. The van der Waals surface area contributed by atoms with E-state index in [2.05, 4.69) is 72.7 Å². The molecule has 0 radical (unpaired) electrons. The zero-order valence-corrected chi connectivity index (χ0v) is 19.3. The molecule has 1 fully saturated rings. The second kappa shape index (κ2) is 8.87. The second-order valence-corrected chi connectivity index (χ2v) is 9.25. The molecule has 0 atom stereocenters. The summed E-state index contributed by atoms with van der Waals surface area (Å²) in [6.07, 6.45) is 5.39. The average Bonchev–Trinajstić information content (AvgIpc) is 2.68. The lowest BCUT2D eigenvalue weighted by Gasteiger charge is -2.28. The van der Waals surface area contributed by atoms with E-state index in [1.165, 1.54) is 27.8 Å². The third-order valence-corrected chi connectivity index (χ3v) is 6.94. The van der Waals surface area contributed by atoms with Crippen molar-refractivity contribution in [3.05, 3.63) is 61.9 Å². The zero-order valence-electron chi connectivity index (χ0n) is 17.7. The quantitative estimate of drug-likeness (QED) is 0.582. The minimum Gasteiger partial charge on any atom is -0.306 e. The molecule has 0 amide bonds. The molecular weight excluding hydrogens is 412 g/mol. The van der Waals surface area contributed by atoms with Crippen molar-refractivity contribution >= 4 is 21.7 Å². The summed E-state index contributed by atoms with van der Waals surface area (Å²) in [6, 6.07) is 4.39. The van der Waals surface area contributed by atoms with Crippen LogP contribution in [0.2, 0.25) is 0 Å². The highest BCUT2D eigenvalue weighted by molar-refractivity contribution is 9.10. The molecule has 3 rings (SSSR count). The Bertz CT molecular complexity index is 883. The first-order valence-electron chi connectivity index (χ1n) is 10.2. The number of aryl methyl sites for hydroxylation is 3. The molecule has 28 heavy (non-hydrogen) atoms. The van der Waals surface area contributed by atoms with Crippen LogP contribution in [0.5, 0.6) is 0 Å². The van der Waals surface area contributed by atoms with Crippen molar-refractivity contribution in [1.29, 1.82) is 0 Å². The molecule has 1 aliphatic rings. The summed E-state index contributed by atoms with van der Waals surface area (Å²) in [6.45, 7) is 10.8. The monoisotopic (exact) mass is 442 g/mol. The third kappa shape index (κ3) is 4.55. The Morgan fingerprint density at radius 3 is 2.36 bits per heavy atom. The lowest BCUT2D eigenvalue weighted by Crippen LogP contribution is -2.34. The third-order valence-electron chi connectivity index (χ3n) is 6.51. The molecule has 1 aromatic heterocycles. The number of halogens is 1. The summed E-state index contributed by atoms with van der Waals surface area (Å²) >= 11 is 3.54. The van der Waals surface area contributed by atoms with Crippen molar-refractivity contribution in [2.75, 3.05) is 20.1 Å². The normalized spacial score (nSPS) is 15.8. The number of benzene rings is 1. The van der Waals surface area contributed by atoms with E-state index in [1.807, 2.05) is 0 Å². The van der Waals surface area contributed by atoms with Crippen molar-refractivity contribution in [3.63, 3.8) is 0 Å². The second-order valence-electron chi connectivity index (χ2n) is 8.33. The van der Waals surface area contributed by atoms with E-state index in [0.717, 1.165) is 48.8 Å². The molecule has 1 saturated heterocycles. The van der Waals surface area contributed by atoms with E-state index in [1.54, 1.807) is 6.20 Å². The van der Waals surface area contributed by atoms with Gasteiger partial charge in [-0.3, -0.25) is 9.78 Å². The maximum absolute atomic E-state index is 13.2. The molecule has 0 saturated carbocycles. The highest BCUT2D eigenvalue weighted by atomic mass is 79.9. The summed E-state index contributed by atoms with van der Waals surface area (Å²) in [5.74, 6) is 0.331. The van der Waals surface area contributed by atoms with Crippen LogP contribution in [-0.4, -0.2) is 35.8 Å². The lowest BCUT2D eigenvalue weighted by molar-refractivity contribution is 0.0850. The highest BCUT2D eigenvalue weighted by Crippen LogP contribution is 2.26. The number of carbonyl (C=O) groups excluding carboxylic acids is 1. The number of carbonyl (C=O) groups is 1. The van der Waals surface area contributed by atoms with Crippen molar-refractivity contribution in [2.45, 2.75) is 53.4 Å². The molecule has 0 unspecified atom stereocenters.